The van der Waals surface area contributed by atoms with Gasteiger partial charge in [-0.15, -0.1) is 0 Å². The molecular formula is C15H28NO6P. The van der Waals surface area contributed by atoms with E-state index in [9.17, 15) is 14.2 Å². The first kappa shape index (κ1) is 20.1. The summed E-state index contributed by atoms with van der Waals surface area (Å²) in [5.41, 5.74) is -1.13. The van der Waals surface area contributed by atoms with Crippen molar-refractivity contribution in [3.05, 3.63) is 0 Å². The molecule has 1 fully saturated rings. The maximum Gasteiger partial charge on any atom is 0.411 e. The molecule has 8 heteroatoms. The van der Waals surface area contributed by atoms with Crippen molar-refractivity contribution < 1.29 is 27.9 Å². The van der Waals surface area contributed by atoms with Crippen molar-refractivity contribution in [3.8, 4) is 0 Å². The first-order valence-electron chi connectivity index (χ1n) is 7.52. The van der Waals surface area contributed by atoms with Crippen LogP contribution in [0.25, 0.3) is 0 Å². The molecule has 1 saturated heterocycles. The third-order valence-corrected chi connectivity index (χ3v) is 5.85. The predicted octanol–water partition coefficient (Wildman–Crippen LogP) is 3.42. The summed E-state index contributed by atoms with van der Waals surface area (Å²) in [6.07, 6.45) is -0.605. The van der Waals surface area contributed by atoms with Gasteiger partial charge >= 0.3 is 13.7 Å². The van der Waals surface area contributed by atoms with Crippen LogP contribution in [-0.2, 0) is 23.1 Å². The number of nitrogens with zero attached hydrogens (tertiary/aromatic N) is 1. The van der Waals surface area contributed by atoms with Gasteiger partial charge in [-0.2, -0.15) is 0 Å². The molecule has 0 aromatic heterocycles. The molecule has 0 aromatic carbocycles. The van der Waals surface area contributed by atoms with Gasteiger partial charge in [0.25, 0.3) is 0 Å². The van der Waals surface area contributed by atoms with Gasteiger partial charge in [-0.05, 0) is 26.2 Å². The summed E-state index contributed by atoms with van der Waals surface area (Å²) in [6, 6.07) is -0.450. The Balaban J connectivity index is 3.34. The minimum Gasteiger partial charge on any atom is -0.444 e. The highest BCUT2D eigenvalue weighted by molar-refractivity contribution is 7.55. The number of amides is 1. The zero-order valence-electron chi connectivity index (χ0n) is 15.2. The summed E-state index contributed by atoms with van der Waals surface area (Å²) in [7, 11) is -1.38. The first-order valence-corrected chi connectivity index (χ1v) is 9.13. The molecule has 0 aliphatic carbocycles. The van der Waals surface area contributed by atoms with Crippen molar-refractivity contribution in [2.24, 2.45) is 5.41 Å². The maximum absolute atomic E-state index is 12.8. The van der Waals surface area contributed by atoms with Gasteiger partial charge in [0.2, 0.25) is 0 Å². The Morgan fingerprint density at radius 1 is 1.13 bits per heavy atom. The zero-order chi connectivity index (χ0) is 18.2. The van der Waals surface area contributed by atoms with Gasteiger partial charge in [0.15, 0.2) is 11.6 Å². The molecule has 0 unspecified atom stereocenters. The van der Waals surface area contributed by atoms with Crippen LogP contribution in [0.1, 0.15) is 48.0 Å². The van der Waals surface area contributed by atoms with E-state index >= 15 is 0 Å². The van der Waals surface area contributed by atoms with Gasteiger partial charge in [0.05, 0.1) is 0 Å². The van der Waals surface area contributed by atoms with Crippen molar-refractivity contribution in [3.63, 3.8) is 0 Å². The Morgan fingerprint density at radius 2 is 1.61 bits per heavy atom. The van der Waals surface area contributed by atoms with Crippen LogP contribution in [0.3, 0.4) is 0 Å². The number of carbonyl (C=O) groups is 2. The predicted molar refractivity (Wildman–Crippen MR) is 86.4 cm³/mol. The van der Waals surface area contributed by atoms with Crippen LogP contribution in [0.2, 0.25) is 0 Å². The van der Waals surface area contributed by atoms with Gasteiger partial charge in [0.1, 0.15) is 5.60 Å². The van der Waals surface area contributed by atoms with E-state index in [-0.39, 0.29) is 12.2 Å². The van der Waals surface area contributed by atoms with E-state index in [0.717, 1.165) is 0 Å². The fraction of sp³-hybridized carbons (Fsp3) is 0.867. The third-order valence-electron chi connectivity index (χ3n) is 3.69. The summed E-state index contributed by atoms with van der Waals surface area (Å²) in [5, 5.41) is 0. The highest BCUT2D eigenvalue weighted by Crippen LogP contribution is 2.57. The third kappa shape index (κ3) is 4.34. The molecule has 1 aliphatic rings. The van der Waals surface area contributed by atoms with Gasteiger partial charge < -0.3 is 13.8 Å². The van der Waals surface area contributed by atoms with E-state index < -0.39 is 36.5 Å². The van der Waals surface area contributed by atoms with Gasteiger partial charge in [0, 0.05) is 26.7 Å². The fourth-order valence-electron chi connectivity index (χ4n) is 2.59. The van der Waals surface area contributed by atoms with Crippen LogP contribution in [0.4, 0.5) is 4.79 Å². The maximum atomic E-state index is 12.8. The summed E-state index contributed by atoms with van der Waals surface area (Å²) in [6.45, 7) is 10.9. The van der Waals surface area contributed by atoms with E-state index in [1.165, 1.54) is 19.1 Å². The van der Waals surface area contributed by atoms with Crippen LogP contribution < -0.4 is 0 Å². The summed E-state index contributed by atoms with van der Waals surface area (Å²) in [5.74, 6) is -1.63. The number of ether oxygens (including phenoxy) is 1. The molecule has 0 bridgehead atoms. The monoisotopic (exact) mass is 349 g/mol. The smallest absolute Gasteiger partial charge is 0.411 e. The highest BCUT2D eigenvalue weighted by atomic mass is 31.2. The minimum absolute atomic E-state index is 0.0874. The molecule has 134 valence electrons. The Hall–Kier alpha value is -0.910. The molecule has 1 aliphatic heterocycles. The second-order valence-electron chi connectivity index (χ2n) is 7.72. The van der Waals surface area contributed by atoms with Crippen LogP contribution in [-0.4, -0.2) is 48.4 Å². The minimum atomic E-state index is -3.79. The molecule has 1 rings (SSSR count). The Bertz CT molecular complexity index is 511. The molecule has 1 amide bonds. The average molecular weight is 349 g/mol. The first-order chi connectivity index (χ1) is 10.3. The average Bonchev–Trinajstić information content (AvgIpc) is 2.74. The normalized spacial score (nSPS) is 23.3. The lowest BCUT2D eigenvalue weighted by Gasteiger charge is -2.38. The van der Waals surface area contributed by atoms with Crippen molar-refractivity contribution >= 4 is 19.5 Å². The number of carbonyl (C=O) groups excluding carboxylic acids is 2. The van der Waals surface area contributed by atoms with Crippen molar-refractivity contribution in [2.45, 2.75) is 65.4 Å². The van der Waals surface area contributed by atoms with E-state index in [1.54, 1.807) is 20.8 Å². The quantitative estimate of drug-likeness (QED) is 0.726. The van der Waals surface area contributed by atoms with Crippen LogP contribution in [0, 0.1) is 5.41 Å². The number of rotatable bonds is 3. The van der Waals surface area contributed by atoms with Crippen LogP contribution in [0.15, 0.2) is 0 Å². The van der Waals surface area contributed by atoms with Crippen LogP contribution >= 0.6 is 7.60 Å². The van der Waals surface area contributed by atoms with Crippen molar-refractivity contribution in [2.75, 3.05) is 14.2 Å². The van der Waals surface area contributed by atoms with Gasteiger partial charge in [-0.25, -0.2) is 4.79 Å². The Kier molecular flexibility index (Phi) is 5.72. The number of hydrogen-bond acceptors (Lipinski definition) is 6. The molecule has 7 nitrogen and oxygen atoms in total. The Labute approximate surface area is 138 Å². The van der Waals surface area contributed by atoms with E-state index in [1.807, 2.05) is 20.8 Å². The SMILES string of the molecule is COP(=O)(OC)[C@@H]1C(=O)C[C@H](C(C)(C)C)N1C(=O)OC(C)(C)C. The lowest BCUT2D eigenvalue weighted by Crippen LogP contribution is -2.49. The van der Waals surface area contributed by atoms with E-state index in [2.05, 4.69) is 0 Å². The van der Waals surface area contributed by atoms with E-state index in [0.29, 0.717) is 0 Å². The fourth-order valence-corrected chi connectivity index (χ4v) is 4.15. The Morgan fingerprint density at radius 3 is 1.96 bits per heavy atom. The van der Waals surface area contributed by atoms with Crippen molar-refractivity contribution in [1.82, 2.24) is 4.90 Å². The largest absolute Gasteiger partial charge is 0.444 e. The lowest BCUT2D eigenvalue weighted by atomic mass is 9.85. The molecule has 2 atom stereocenters. The molecule has 0 spiro atoms. The number of Topliss-reactive ketones (excluding diaryl/α,β-unsaturated/α-hetero) is 1. The molecule has 0 radical (unpaired) electrons. The lowest BCUT2D eigenvalue weighted by molar-refractivity contribution is -0.118. The number of hydrogen-bond donors (Lipinski definition) is 0. The molecule has 0 saturated carbocycles. The van der Waals surface area contributed by atoms with Crippen LogP contribution in [0.5, 0.6) is 0 Å². The zero-order valence-corrected chi connectivity index (χ0v) is 16.1. The molecule has 0 aromatic rings. The van der Waals surface area contributed by atoms with E-state index in [4.69, 9.17) is 13.8 Å². The number of ketones is 1. The standard InChI is InChI=1S/C15H28NO6P/c1-14(2,3)11-9-10(17)12(23(19,20-7)21-8)16(11)13(18)22-15(4,5)6/h11-12H,9H2,1-8H3/t11-,12-/m1/s1. The summed E-state index contributed by atoms with van der Waals surface area (Å²) < 4.78 is 28.2. The molecule has 1 heterocycles. The summed E-state index contributed by atoms with van der Waals surface area (Å²) in [4.78, 5) is 26.4. The van der Waals surface area contributed by atoms with Gasteiger partial charge in [-0.3, -0.25) is 14.3 Å². The second kappa shape index (κ2) is 6.54. The summed E-state index contributed by atoms with van der Waals surface area (Å²) >= 11 is 0. The highest BCUT2D eigenvalue weighted by Gasteiger charge is 2.57. The number of likely N-dealkylation sites (tertiary alicyclic amines) is 1. The van der Waals surface area contributed by atoms with Gasteiger partial charge in [-0.1, -0.05) is 20.8 Å². The van der Waals surface area contributed by atoms with Crippen molar-refractivity contribution in [1.29, 1.82) is 0 Å². The topological polar surface area (TPSA) is 82.1 Å². The molecular weight excluding hydrogens is 321 g/mol. The second-order valence-corrected chi connectivity index (χ2v) is 10.0. The molecule has 23 heavy (non-hydrogen) atoms. The molecule has 0 N–H and O–H groups in total.